The maximum atomic E-state index is 10.7. The summed E-state index contributed by atoms with van der Waals surface area (Å²) in [5.74, 6) is 0.238. The maximum Gasteiger partial charge on any atom is 0.317 e. The molecule has 6 heteroatoms. The summed E-state index contributed by atoms with van der Waals surface area (Å²) >= 11 is 0. The Morgan fingerprint density at radius 2 is 2.17 bits per heavy atom. The molecule has 1 aromatic heterocycles. The summed E-state index contributed by atoms with van der Waals surface area (Å²) in [6.07, 6.45) is 0.976. The van der Waals surface area contributed by atoms with E-state index in [1.54, 1.807) is 0 Å². The summed E-state index contributed by atoms with van der Waals surface area (Å²) in [5, 5.41) is 12.0. The highest BCUT2D eigenvalue weighted by Crippen LogP contribution is 2.21. The van der Waals surface area contributed by atoms with Gasteiger partial charge in [0.25, 0.3) is 0 Å². The maximum absolute atomic E-state index is 10.7. The SMILES string of the molecule is Cc1nc2ccccc2n1CCN1CCC(C)(NCC(=O)O)C1. The number of hydrogen-bond donors (Lipinski definition) is 2. The number of likely N-dealkylation sites (tertiary alicyclic amines) is 1. The van der Waals surface area contributed by atoms with Gasteiger partial charge in [-0.25, -0.2) is 4.98 Å². The number of para-hydroxylation sites is 2. The quantitative estimate of drug-likeness (QED) is 0.845. The number of aromatic nitrogens is 2. The average Bonchev–Trinajstić information content (AvgIpc) is 3.04. The minimum Gasteiger partial charge on any atom is -0.480 e. The Morgan fingerprint density at radius 3 is 2.96 bits per heavy atom. The van der Waals surface area contributed by atoms with Gasteiger partial charge in [-0.2, -0.15) is 0 Å². The lowest BCUT2D eigenvalue weighted by Crippen LogP contribution is -2.47. The number of nitrogens with zero attached hydrogens (tertiary/aromatic N) is 3. The largest absolute Gasteiger partial charge is 0.480 e. The predicted molar refractivity (Wildman–Crippen MR) is 89.6 cm³/mol. The van der Waals surface area contributed by atoms with Gasteiger partial charge >= 0.3 is 5.97 Å². The van der Waals surface area contributed by atoms with Gasteiger partial charge in [0.2, 0.25) is 0 Å². The van der Waals surface area contributed by atoms with Crippen molar-refractivity contribution < 1.29 is 9.90 Å². The van der Waals surface area contributed by atoms with Crippen LogP contribution in [0.2, 0.25) is 0 Å². The van der Waals surface area contributed by atoms with E-state index in [0.29, 0.717) is 0 Å². The fraction of sp³-hybridized carbons (Fsp3) is 0.529. The Hall–Kier alpha value is -1.92. The number of aliphatic carboxylic acids is 1. The normalized spacial score (nSPS) is 22.0. The van der Waals surface area contributed by atoms with Crippen molar-refractivity contribution in [2.75, 3.05) is 26.2 Å². The van der Waals surface area contributed by atoms with Crippen molar-refractivity contribution in [1.82, 2.24) is 19.8 Å². The lowest BCUT2D eigenvalue weighted by atomic mass is 10.0. The third-order valence-corrected chi connectivity index (χ3v) is 4.70. The summed E-state index contributed by atoms with van der Waals surface area (Å²) in [6.45, 7) is 7.90. The van der Waals surface area contributed by atoms with Crippen molar-refractivity contribution in [2.45, 2.75) is 32.4 Å². The fourth-order valence-corrected chi connectivity index (χ4v) is 3.40. The second-order valence-corrected chi connectivity index (χ2v) is 6.63. The molecule has 0 aliphatic carbocycles. The molecule has 3 rings (SSSR count). The molecule has 0 spiro atoms. The fourth-order valence-electron chi connectivity index (χ4n) is 3.40. The van der Waals surface area contributed by atoms with Crippen molar-refractivity contribution in [3.05, 3.63) is 30.1 Å². The van der Waals surface area contributed by atoms with Crippen LogP contribution in [-0.4, -0.2) is 57.2 Å². The van der Waals surface area contributed by atoms with Gasteiger partial charge in [0.1, 0.15) is 5.82 Å². The Bertz CT molecular complexity index is 712. The number of fused-ring (bicyclic) bond motifs is 1. The molecule has 1 aliphatic heterocycles. The first-order chi connectivity index (χ1) is 11.0. The average molecular weight is 316 g/mol. The first kappa shape index (κ1) is 16.0. The topological polar surface area (TPSA) is 70.4 Å². The van der Waals surface area contributed by atoms with Gasteiger partial charge in [0, 0.05) is 31.7 Å². The van der Waals surface area contributed by atoms with Crippen LogP contribution in [0, 0.1) is 6.92 Å². The summed E-state index contributed by atoms with van der Waals surface area (Å²) in [6, 6.07) is 8.21. The number of nitrogens with one attached hydrogen (secondary N) is 1. The van der Waals surface area contributed by atoms with Crippen LogP contribution < -0.4 is 5.32 Å². The number of rotatable bonds is 6. The van der Waals surface area contributed by atoms with Crippen LogP contribution >= 0.6 is 0 Å². The molecular formula is C17H24N4O2. The minimum atomic E-state index is -0.801. The van der Waals surface area contributed by atoms with E-state index >= 15 is 0 Å². The smallest absolute Gasteiger partial charge is 0.317 e. The summed E-state index contributed by atoms with van der Waals surface area (Å²) in [4.78, 5) is 17.7. The van der Waals surface area contributed by atoms with Gasteiger partial charge in [-0.05, 0) is 32.4 Å². The van der Waals surface area contributed by atoms with Crippen LogP contribution in [0.25, 0.3) is 11.0 Å². The summed E-state index contributed by atoms with van der Waals surface area (Å²) < 4.78 is 2.26. The molecule has 1 unspecified atom stereocenters. The van der Waals surface area contributed by atoms with Gasteiger partial charge in [-0.1, -0.05) is 12.1 Å². The Morgan fingerprint density at radius 1 is 1.39 bits per heavy atom. The molecule has 23 heavy (non-hydrogen) atoms. The number of aryl methyl sites for hydroxylation is 1. The van der Waals surface area contributed by atoms with E-state index in [0.717, 1.165) is 43.9 Å². The van der Waals surface area contributed by atoms with Crippen molar-refractivity contribution in [3.8, 4) is 0 Å². The molecule has 6 nitrogen and oxygen atoms in total. The van der Waals surface area contributed by atoms with Gasteiger partial charge in [0.05, 0.1) is 17.6 Å². The molecule has 1 atom stereocenters. The van der Waals surface area contributed by atoms with Crippen LogP contribution in [0.5, 0.6) is 0 Å². The lowest BCUT2D eigenvalue weighted by Gasteiger charge is -2.25. The summed E-state index contributed by atoms with van der Waals surface area (Å²) in [7, 11) is 0. The van der Waals surface area contributed by atoms with Gasteiger partial charge in [-0.15, -0.1) is 0 Å². The number of carbonyl (C=O) groups is 1. The Kier molecular flexibility index (Phi) is 4.37. The zero-order valence-corrected chi connectivity index (χ0v) is 13.7. The van der Waals surface area contributed by atoms with Gasteiger partial charge in [0.15, 0.2) is 0 Å². The van der Waals surface area contributed by atoms with Crippen LogP contribution in [0.4, 0.5) is 0 Å². The second kappa shape index (κ2) is 6.29. The highest BCUT2D eigenvalue weighted by molar-refractivity contribution is 5.75. The highest BCUT2D eigenvalue weighted by atomic mass is 16.4. The van der Waals surface area contributed by atoms with E-state index in [1.807, 2.05) is 25.1 Å². The molecule has 0 amide bonds. The van der Waals surface area contributed by atoms with Crippen LogP contribution in [0.1, 0.15) is 19.2 Å². The van der Waals surface area contributed by atoms with Crippen molar-refractivity contribution >= 4 is 17.0 Å². The van der Waals surface area contributed by atoms with Crippen molar-refractivity contribution in [3.63, 3.8) is 0 Å². The van der Waals surface area contributed by atoms with Gasteiger partial charge < -0.3 is 15.0 Å². The van der Waals surface area contributed by atoms with Crippen molar-refractivity contribution in [2.24, 2.45) is 0 Å². The van der Waals surface area contributed by atoms with Crippen LogP contribution in [0.15, 0.2) is 24.3 Å². The molecule has 2 heterocycles. The van der Waals surface area contributed by atoms with E-state index in [1.165, 1.54) is 5.52 Å². The van der Waals surface area contributed by atoms with E-state index in [9.17, 15) is 4.79 Å². The van der Waals surface area contributed by atoms with Crippen molar-refractivity contribution in [1.29, 1.82) is 0 Å². The zero-order chi connectivity index (χ0) is 16.4. The van der Waals surface area contributed by atoms with Crippen LogP contribution in [0.3, 0.4) is 0 Å². The Labute approximate surface area is 136 Å². The Balaban J connectivity index is 1.61. The van der Waals surface area contributed by atoms with E-state index in [2.05, 4.69) is 32.8 Å². The monoisotopic (exact) mass is 316 g/mol. The van der Waals surface area contributed by atoms with E-state index < -0.39 is 5.97 Å². The molecule has 124 valence electrons. The van der Waals surface area contributed by atoms with Gasteiger partial charge in [-0.3, -0.25) is 9.69 Å². The lowest BCUT2D eigenvalue weighted by molar-refractivity contribution is -0.136. The molecule has 0 radical (unpaired) electrons. The molecule has 0 saturated carbocycles. The number of carboxylic acid groups (broad SMARTS) is 1. The number of carboxylic acids is 1. The third-order valence-electron chi connectivity index (χ3n) is 4.70. The second-order valence-electron chi connectivity index (χ2n) is 6.63. The first-order valence-electron chi connectivity index (χ1n) is 8.08. The molecule has 2 aromatic rings. The molecular weight excluding hydrogens is 292 g/mol. The molecule has 2 N–H and O–H groups in total. The number of hydrogen-bond acceptors (Lipinski definition) is 4. The molecule has 0 bridgehead atoms. The molecule has 1 aliphatic rings. The third kappa shape index (κ3) is 3.54. The number of benzene rings is 1. The molecule has 1 saturated heterocycles. The highest BCUT2D eigenvalue weighted by Gasteiger charge is 2.33. The molecule has 1 fully saturated rings. The zero-order valence-electron chi connectivity index (χ0n) is 13.7. The molecule has 1 aromatic carbocycles. The number of imidazole rings is 1. The predicted octanol–water partition coefficient (Wildman–Crippen LogP) is 1.48. The van der Waals surface area contributed by atoms with E-state index in [4.69, 9.17) is 5.11 Å². The first-order valence-corrected chi connectivity index (χ1v) is 8.08. The standard InChI is InChI=1S/C17H24N4O2/c1-13-19-14-5-3-4-6-15(14)21(13)10-9-20-8-7-17(2,12-20)18-11-16(22)23/h3-6,18H,7-12H2,1-2H3,(H,22,23). The summed E-state index contributed by atoms with van der Waals surface area (Å²) in [5.41, 5.74) is 2.11. The van der Waals surface area contributed by atoms with Crippen LogP contribution in [-0.2, 0) is 11.3 Å². The van der Waals surface area contributed by atoms with E-state index in [-0.39, 0.29) is 12.1 Å². The minimum absolute atomic E-state index is 0.0234.